The molecule has 146 valence electrons. The number of carbonyl (C=O) groups excluding carboxylic acids is 2. The van der Waals surface area contributed by atoms with Crippen LogP contribution < -0.4 is 9.47 Å². The van der Waals surface area contributed by atoms with Crippen LogP contribution in [0.4, 0.5) is 4.39 Å². The molecule has 0 aromatic heterocycles. The van der Waals surface area contributed by atoms with E-state index in [-0.39, 0.29) is 17.6 Å². The highest BCUT2D eigenvalue weighted by Gasteiger charge is 2.30. The number of fused-ring (bicyclic) bond motifs is 1. The number of ether oxygens (including phenoxy) is 2. The largest absolute Gasteiger partial charge is 0.486 e. The lowest BCUT2D eigenvalue weighted by atomic mass is 9.88. The Morgan fingerprint density at radius 3 is 2.46 bits per heavy atom. The monoisotopic (exact) mass is 447 g/mol. The van der Waals surface area contributed by atoms with Crippen LogP contribution in [0.1, 0.15) is 33.6 Å². The Morgan fingerprint density at radius 1 is 1.00 bits per heavy atom. The predicted octanol–water partition coefficient (Wildman–Crippen LogP) is 4.09. The fraction of sp³-hybridized carbons (Fsp3) is 0.333. The standard InChI is InChI=1S/C21H19BrFNO4/c22-17-3-2-15(23)12-16(17)21(26)24-7-5-13(6-8-24)20(25)14-1-4-18-19(11-14)28-10-9-27-18/h1-4,11-13H,5-10H2. The predicted molar refractivity (Wildman–Crippen MR) is 104 cm³/mol. The van der Waals surface area contributed by atoms with E-state index in [1.54, 1.807) is 23.1 Å². The Kier molecular flexibility index (Phi) is 5.35. The lowest BCUT2D eigenvalue weighted by Gasteiger charge is -2.31. The van der Waals surface area contributed by atoms with Gasteiger partial charge in [0.2, 0.25) is 0 Å². The topological polar surface area (TPSA) is 55.8 Å². The van der Waals surface area contributed by atoms with Crippen molar-refractivity contribution in [1.82, 2.24) is 4.90 Å². The highest BCUT2D eigenvalue weighted by molar-refractivity contribution is 9.10. The van der Waals surface area contributed by atoms with Gasteiger partial charge in [-0.1, -0.05) is 0 Å². The molecule has 0 N–H and O–H groups in total. The number of nitrogens with zero attached hydrogens (tertiary/aromatic N) is 1. The van der Waals surface area contributed by atoms with E-state index in [9.17, 15) is 14.0 Å². The maximum absolute atomic E-state index is 13.5. The van der Waals surface area contributed by atoms with Gasteiger partial charge < -0.3 is 14.4 Å². The van der Waals surface area contributed by atoms with Crippen molar-refractivity contribution in [2.24, 2.45) is 5.92 Å². The molecule has 1 saturated heterocycles. The summed E-state index contributed by atoms with van der Waals surface area (Å²) < 4.78 is 25.1. The minimum atomic E-state index is -0.449. The maximum atomic E-state index is 13.5. The molecule has 7 heteroatoms. The number of halogens is 2. The second-order valence-corrected chi connectivity index (χ2v) is 7.77. The summed E-state index contributed by atoms with van der Waals surface area (Å²) in [6.45, 7) is 1.90. The number of Topliss-reactive ketones (excluding diaryl/α,β-unsaturated/α-hetero) is 1. The van der Waals surface area contributed by atoms with Crippen molar-refractivity contribution >= 4 is 27.6 Å². The molecule has 2 aliphatic heterocycles. The van der Waals surface area contributed by atoms with E-state index in [1.165, 1.54) is 18.2 Å². The normalized spacial score (nSPS) is 16.7. The Bertz CT molecular complexity index is 925. The van der Waals surface area contributed by atoms with E-state index in [1.807, 2.05) is 0 Å². The summed E-state index contributed by atoms with van der Waals surface area (Å²) in [7, 11) is 0. The van der Waals surface area contributed by atoms with E-state index < -0.39 is 5.82 Å². The lowest BCUT2D eigenvalue weighted by molar-refractivity contribution is 0.0649. The first-order chi connectivity index (χ1) is 13.5. The van der Waals surface area contributed by atoms with Crippen LogP contribution >= 0.6 is 15.9 Å². The molecule has 0 atom stereocenters. The van der Waals surface area contributed by atoms with Crippen molar-refractivity contribution in [1.29, 1.82) is 0 Å². The van der Waals surface area contributed by atoms with Crippen LogP contribution in [0.25, 0.3) is 0 Å². The minimum absolute atomic E-state index is 0.0519. The van der Waals surface area contributed by atoms with Crippen molar-refractivity contribution in [3.63, 3.8) is 0 Å². The quantitative estimate of drug-likeness (QED) is 0.664. The molecule has 1 fully saturated rings. The molecule has 0 saturated carbocycles. The zero-order valence-electron chi connectivity index (χ0n) is 15.1. The van der Waals surface area contributed by atoms with Crippen LogP contribution in [-0.4, -0.2) is 42.9 Å². The SMILES string of the molecule is O=C(c1ccc2c(c1)OCCO2)C1CCN(C(=O)c2cc(F)ccc2Br)CC1. The van der Waals surface area contributed by atoms with Gasteiger partial charge in [-0.25, -0.2) is 4.39 Å². The second kappa shape index (κ2) is 7.91. The number of likely N-dealkylation sites (tertiary alicyclic amines) is 1. The molecule has 1 amide bonds. The molecule has 5 nitrogen and oxygen atoms in total. The molecule has 2 aromatic rings. The van der Waals surface area contributed by atoms with Crippen LogP contribution in [0.5, 0.6) is 11.5 Å². The van der Waals surface area contributed by atoms with Gasteiger partial charge in [0, 0.05) is 29.0 Å². The number of amides is 1. The molecule has 2 heterocycles. The van der Waals surface area contributed by atoms with Crippen LogP contribution in [0.3, 0.4) is 0 Å². The van der Waals surface area contributed by atoms with Gasteiger partial charge in [0.25, 0.3) is 5.91 Å². The first-order valence-electron chi connectivity index (χ1n) is 9.21. The maximum Gasteiger partial charge on any atom is 0.255 e. The average molecular weight is 448 g/mol. The molecule has 4 rings (SSSR count). The fourth-order valence-corrected chi connectivity index (χ4v) is 4.03. The third-order valence-electron chi connectivity index (χ3n) is 5.14. The molecule has 2 aromatic carbocycles. The first kappa shape index (κ1) is 18.9. The van der Waals surface area contributed by atoms with E-state index in [4.69, 9.17) is 9.47 Å². The summed E-state index contributed by atoms with van der Waals surface area (Å²) in [6.07, 6.45) is 1.15. The third-order valence-corrected chi connectivity index (χ3v) is 5.83. The van der Waals surface area contributed by atoms with Crippen LogP contribution in [-0.2, 0) is 0 Å². The van der Waals surface area contributed by atoms with Crippen LogP contribution in [0.2, 0.25) is 0 Å². The summed E-state index contributed by atoms with van der Waals surface area (Å²) in [5, 5.41) is 0. The highest BCUT2D eigenvalue weighted by atomic mass is 79.9. The first-order valence-corrected chi connectivity index (χ1v) is 10.0. The second-order valence-electron chi connectivity index (χ2n) is 6.91. The molecule has 0 unspecified atom stereocenters. The molecular weight excluding hydrogens is 429 g/mol. The molecule has 0 radical (unpaired) electrons. The number of piperidine rings is 1. The number of hydrogen-bond acceptors (Lipinski definition) is 4. The average Bonchev–Trinajstić information content (AvgIpc) is 2.74. The van der Waals surface area contributed by atoms with Crippen LogP contribution in [0, 0.1) is 11.7 Å². The number of hydrogen-bond donors (Lipinski definition) is 0. The Balaban J connectivity index is 1.42. The van der Waals surface area contributed by atoms with Gasteiger partial charge in [-0.05, 0) is 65.2 Å². The molecule has 0 aliphatic carbocycles. The van der Waals surface area contributed by atoms with Crippen molar-refractivity contribution in [2.75, 3.05) is 26.3 Å². The Morgan fingerprint density at radius 2 is 1.71 bits per heavy atom. The van der Waals surface area contributed by atoms with Gasteiger partial charge in [0.05, 0.1) is 5.56 Å². The van der Waals surface area contributed by atoms with Gasteiger partial charge in [0.1, 0.15) is 19.0 Å². The molecular formula is C21H19BrFNO4. The zero-order chi connectivity index (χ0) is 19.7. The molecule has 0 bridgehead atoms. The van der Waals surface area contributed by atoms with E-state index in [0.717, 1.165) is 0 Å². The van der Waals surface area contributed by atoms with E-state index in [2.05, 4.69) is 15.9 Å². The Labute approximate surface area is 170 Å². The summed E-state index contributed by atoms with van der Waals surface area (Å²) in [6, 6.07) is 9.33. The highest BCUT2D eigenvalue weighted by Crippen LogP contribution is 2.33. The number of rotatable bonds is 3. The summed E-state index contributed by atoms with van der Waals surface area (Å²) in [5.41, 5.74) is 0.901. The van der Waals surface area contributed by atoms with E-state index >= 15 is 0 Å². The minimum Gasteiger partial charge on any atom is -0.486 e. The number of ketones is 1. The fourth-order valence-electron chi connectivity index (χ4n) is 3.61. The van der Waals surface area contributed by atoms with E-state index in [0.29, 0.717) is 66.2 Å². The van der Waals surface area contributed by atoms with Crippen LogP contribution in [0.15, 0.2) is 40.9 Å². The summed E-state index contributed by atoms with van der Waals surface area (Å²) in [4.78, 5) is 27.2. The summed E-state index contributed by atoms with van der Waals surface area (Å²) >= 11 is 3.30. The molecule has 2 aliphatic rings. The van der Waals surface area contributed by atoms with Crippen molar-refractivity contribution < 1.29 is 23.5 Å². The van der Waals surface area contributed by atoms with Gasteiger partial charge in [-0.3, -0.25) is 9.59 Å². The third kappa shape index (κ3) is 3.76. The zero-order valence-corrected chi connectivity index (χ0v) is 16.7. The lowest BCUT2D eigenvalue weighted by Crippen LogP contribution is -2.40. The van der Waals surface area contributed by atoms with Gasteiger partial charge in [-0.2, -0.15) is 0 Å². The molecule has 28 heavy (non-hydrogen) atoms. The number of benzene rings is 2. The number of carbonyl (C=O) groups is 2. The van der Waals surface area contributed by atoms with Gasteiger partial charge in [0.15, 0.2) is 17.3 Å². The van der Waals surface area contributed by atoms with Crippen molar-refractivity contribution in [2.45, 2.75) is 12.8 Å². The molecule has 0 spiro atoms. The van der Waals surface area contributed by atoms with Crippen molar-refractivity contribution in [3.05, 3.63) is 57.8 Å². The Hall–Kier alpha value is -2.41. The summed E-state index contributed by atoms with van der Waals surface area (Å²) in [5.74, 6) is 0.481. The van der Waals surface area contributed by atoms with Gasteiger partial charge in [-0.15, -0.1) is 0 Å². The van der Waals surface area contributed by atoms with Gasteiger partial charge >= 0.3 is 0 Å². The smallest absolute Gasteiger partial charge is 0.255 e. The van der Waals surface area contributed by atoms with Crippen molar-refractivity contribution in [3.8, 4) is 11.5 Å².